The lowest BCUT2D eigenvalue weighted by molar-refractivity contribution is 0.477. The SMILES string of the molecule is CC[C@@H](N)CNc1nc(-c2cc(Cl)ccc2O)nc2nc[nH]c12. The summed E-state index contributed by atoms with van der Waals surface area (Å²) in [5.41, 5.74) is 7.59. The lowest BCUT2D eigenvalue weighted by atomic mass is 10.2. The molecule has 2 aromatic heterocycles. The number of halogens is 1. The third kappa shape index (κ3) is 3.20. The van der Waals surface area contributed by atoms with E-state index >= 15 is 0 Å². The third-order valence-electron chi connectivity index (χ3n) is 3.54. The molecule has 0 amide bonds. The number of aromatic hydroxyl groups is 1. The van der Waals surface area contributed by atoms with E-state index in [1.807, 2.05) is 6.92 Å². The highest BCUT2D eigenvalue weighted by atomic mass is 35.5. The van der Waals surface area contributed by atoms with Crippen LogP contribution in [0.1, 0.15) is 13.3 Å². The van der Waals surface area contributed by atoms with Crippen LogP contribution in [0.5, 0.6) is 5.75 Å². The number of aromatic amines is 1. The first-order valence-corrected chi connectivity index (χ1v) is 7.65. The molecule has 1 atom stereocenters. The van der Waals surface area contributed by atoms with E-state index < -0.39 is 0 Å². The number of nitrogens with two attached hydrogens (primary N) is 1. The van der Waals surface area contributed by atoms with Gasteiger partial charge in [-0.2, -0.15) is 0 Å². The van der Waals surface area contributed by atoms with E-state index in [9.17, 15) is 5.11 Å². The summed E-state index contributed by atoms with van der Waals surface area (Å²) in [6.45, 7) is 2.59. The Bertz CT molecular complexity index is 834. The van der Waals surface area contributed by atoms with Crippen LogP contribution in [0.2, 0.25) is 5.02 Å². The molecule has 0 aliphatic carbocycles. The van der Waals surface area contributed by atoms with Crippen LogP contribution in [0.25, 0.3) is 22.6 Å². The summed E-state index contributed by atoms with van der Waals surface area (Å²) in [7, 11) is 0. The van der Waals surface area contributed by atoms with Gasteiger partial charge in [-0.05, 0) is 24.6 Å². The van der Waals surface area contributed by atoms with Crippen molar-refractivity contribution in [2.45, 2.75) is 19.4 Å². The van der Waals surface area contributed by atoms with E-state index in [1.54, 1.807) is 18.5 Å². The van der Waals surface area contributed by atoms with E-state index in [0.29, 0.717) is 39.9 Å². The summed E-state index contributed by atoms with van der Waals surface area (Å²) in [4.78, 5) is 16.0. The minimum absolute atomic E-state index is 0.0194. The van der Waals surface area contributed by atoms with Crippen molar-refractivity contribution in [1.82, 2.24) is 19.9 Å². The predicted molar refractivity (Wildman–Crippen MR) is 90.6 cm³/mol. The van der Waals surface area contributed by atoms with Crippen LogP contribution in [-0.4, -0.2) is 37.6 Å². The summed E-state index contributed by atoms with van der Waals surface area (Å²) in [5.74, 6) is 0.989. The van der Waals surface area contributed by atoms with Crippen molar-refractivity contribution in [3.8, 4) is 17.1 Å². The Labute approximate surface area is 137 Å². The standard InChI is InChI=1S/C15H17ClN6O/c1-2-9(17)6-18-14-12-15(20-7-19-12)22-13(21-14)10-5-8(16)3-4-11(10)23/h3-5,7,9,23H,2,6,17H2,1H3,(H2,18,19,20,21,22)/t9-/m1/s1. The molecule has 0 aliphatic rings. The van der Waals surface area contributed by atoms with Gasteiger partial charge in [-0.1, -0.05) is 18.5 Å². The van der Waals surface area contributed by atoms with E-state index in [-0.39, 0.29) is 11.8 Å². The smallest absolute Gasteiger partial charge is 0.183 e. The molecular weight excluding hydrogens is 316 g/mol. The number of rotatable bonds is 5. The van der Waals surface area contributed by atoms with Crippen molar-refractivity contribution in [2.24, 2.45) is 5.73 Å². The summed E-state index contributed by atoms with van der Waals surface area (Å²) >= 11 is 6.00. The monoisotopic (exact) mass is 332 g/mol. The van der Waals surface area contributed by atoms with Crippen LogP contribution in [0, 0.1) is 0 Å². The zero-order valence-corrected chi connectivity index (χ0v) is 13.3. The maximum absolute atomic E-state index is 10.1. The van der Waals surface area contributed by atoms with Gasteiger partial charge in [0.2, 0.25) is 0 Å². The van der Waals surface area contributed by atoms with E-state index in [0.717, 1.165) is 6.42 Å². The molecule has 0 saturated carbocycles. The lowest BCUT2D eigenvalue weighted by Crippen LogP contribution is -2.28. The molecule has 0 saturated heterocycles. The number of H-pyrrole nitrogens is 1. The molecule has 5 N–H and O–H groups in total. The second-order valence-corrected chi connectivity index (χ2v) is 5.64. The van der Waals surface area contributed by atoms with Crippen molar-refractivity contribution in [1.29, 1.82) is 0 Å². The Morgan fingerprint density at radius 3 is 3.00 bits per heavy atom. The first-order chi connectivity index (χ1) is 11.1. The van der Waals surface area contributed by atoms with E-state index in [2.05, 4.69) is 25.3 Å². The summed E-state index contributed by atoms with van der Waals surface area (Å²) in [6, 6.07) is 4.75. The van der Waals surface area contributed by atoms with E-state index in [1.165, 1.54) is 6.07 Å². The minimum atomic E-state index is 0.0194. The Kier molecular flexibility index (Phi) is 4.31. The molecule has 120 valence electrons. The average Bonchev–Trinajstić information content (AvgIpc) is 3.03. The number of hydrogen-bond donors (Lipinski definition) is 4. The van der Waals surface area contributed by atoms with Gasteiger partial charge in [0.05, 0.1) is 11.9 Å². The average molecular weight is 333 g/mol. The summed E-state index contributed by atoms with van der Waals surface area (Å²) in [5, 5.41) is 13.7. The summed E-state index contributed by atoms with van der Waals surface area (Å²) in [6.07, 6.45) is 2.40. The number of aromatic nitrogens is 4. The molecule has 0 bridgehead atoms. The fraction of sp³-hybridized carbons (Fsp3) is 0.267. The maximum Gasteiger partial charge on any atom is 0.183 e. The number of fused-ring (bicyclic) bond motifs is 1. The number of benzene rings is 1. The number of imidazole rings is 1. The van der Waals surface area contributed by atoms with Crippen LogP contribution < -0.4 is 11.1 Å². The second kappa shape index (κ2) is 6.39. The molecule has 3 rings (SSSR count). The van der Waals surface area contributed by atoms with Crippen LogP contribution in [0.15, 0.2) is 24.5 Å². The van der Waals surface area contributed by atoms with Gasteiger partial charge in [-0.3, -0.25) is 0 Å². The largest absolute Gasteiger partial charge is 0.507 e. The number of phenolic OH excluding ortho intramolecular Hbond substituents is 1. The molecule has 1 aromatic carbocycles. The van der Waals surface area contributed by atoms with Crippen molar-refractivity contribution >= 4 is 28.6 Å². The highest BCUT2D eigenvalue weighted by Crippen LogP contribution is 2.31. The van der Waals surface area contributed by atoms with Crippen molar-refractivity contribution in [3.05, 3.63) is 29.5 Å². The molecule has 0 spiro atoms. The minimum Gasteiger partial charge on any atom is -0.507 e. The Hall–Kier alpha value is -2.38. The van der Waals surface area contributed by atoms with Gasteiger partial charge in [0.25, 0.3) is 0 Å². The molecule has 8 heteroatoms. The van der Waals surface area contributed by atoms with Crippen molar-refractivity contribution < 1.29 is 5.11 Å². The van der Waals surface area contributed by atoms with Gasteiger partial charge in [0.15, 0.2) is 17.3 Å². The first kappa shape index (κ1) is 15.5. The topological polar surface area (TPSA) is 113 Å². The molecular formula is C15H17ClN6O. The maximum atomic E-state index is 10.1. The van der Waals surface area contributed by atoms with Gasteiger partial charge in [-0.25, -0.2) is 15.0 Å². The van der Waals surface area contributed by atoms with E-state index in [4.69, 9.17) is 17.3 Å². The van der Waals surface area contributed by atoms with Crippen LogP contribution >= 0.6 is 11.6 Å². The molecule has 0 unspecified atom stereocenters. The van der Waals surface area contributed by atoms with Gasteiger partial charge >= 0.3 is 0 Å². The molecule has 3 aromatic rings. The molecule has 7 nitrogen and oxygen atoms in total. The molecule has 0 radical (unpaired) electrons. The van der Waals surface area contributed by atoms with Gasteiger partial charge in [0.1, 0.15) is 11.3 Å². The van der Waals surface area contributed by atoms with Gasteiger partial charge in [0, 0.05) is 17.6 Å². The van der Waals surface area contributed by atoms with Crippen LogP contribution in [0.4, 0.5) is 5.82 Å². The lowest BCUT2D eigenvalue weighted by Gasteiger charge is -2.12. The number of nitrogens with zero attached hydrogens (tertiary/aromatic N) is 3. The Morgan fingerprint density at radius 2 is 2.22 bits per heavy atom. The highest BCUT2D eigenvalue weighted by molar-refractivity contribution is 6.30. The summed E-state index contributed by atoms with van der Waals surface area (Å²) < 4.78 is 0. The first-order valence-electron chi connectivity index (χ1n) is 7.28. The molecule has 0 aliphatic heterocycles. The van der Waals surface area contributed by atoms with Crippen LogP contribution in [0.3, 0.4) is 0 Å². The van der Waals surface area contributed by atoms with Crippen molar-refractivity contribution in [2.75, 3.05) is 11.9 Å². The normalized spacial score (nSPS) is 12.5. The quantitative estimate of drug-likeness (QED) is 0.571. The van der Waals surface area contributed by atoms with Crippen LogP contribution in [-0.2, 0) is 0 Å². The number of nitrogens with one attached hydrogen (secondary N) is 2. The Morgan fingerprint density at radius 1 is 1.39 bits per heavy atom. The molecule has 0 fully saturated rings. The van der Waals surface area contributed by atoms with Gasteiger partial charge < -0.3 is 21.1 Å². The highest BCUT2D eigenvalue weighted by Gasteiger charge is 2.15. The third-order valence-corrected chi connectivity index (χ3v) is 3.78. The van der Waals surface area contributed by atoms with Crippen molar-refractivity contribution in [3.63, 3.8) is 0 Å². The molecule has 23 heavy (non-hydrogen) atoms. The number of phenols is 1. The fourth-order valence-corrected chi connectivity index (χ4v) is 2.31. The zero-order valence-electron chi connectivity index (χ0n) is 12.5. The zero-order chi connectivity index (χ0) is 16.4. The predicted octanol–water partition coefficient (Wildman–Crippen LogP) is 2.53. The number of anilines is 1. The Balaban J connectivity index is 2.06. The fourth-order valence-electron chi connectivity index (χ4n) is 2.14. The second-order valence-electron chi connectivity index (χ2n) is 5.21. The van der Waals surface area contributed by atoms with Gasteiger partial charge in [-0.15, -0.1) is 0 Å². The molecule has 2 heterocycles. The number of hydrogen-bond acceptors (Lipinski definition) is 6.